The summed E-state index contributed by atoms with van der Waals surface area (Å²) in [5, 5.41) is 6.51. The predicted octanol–water partition coefficient (Wildman–Crippen LogP) is 13.1. The highest BCUT2D eigenvalue weighted by Crippen LogP contribution is 2.54. The fraction of sp³-hybridized carbons (Fsp3) is 0.0667. The second kappa shape index (κ2) is 10.8. The Bertz CT molecular complexity index is 2430. The van der Waals surface area contributed by atoms with E-state index in [9.17, 15) is 0 Å². The summed E-state index contributed by atoms with van der Waals surface area (Å²) in [6.07, 6.45) is 0. The molecular formula is C45H33NS. The quantitative estimate of drug-likeness (QED) is 0.202. The summed E-state index contributed by atoms with van der Waals surface area (Å²) in [5.74, 6) is 0. The van der Waals surface area contributed by atoms with Crippen molar-refractivity contribution in [1.29, 1.82) is 0 Å². The van der Waals surface area contributed by atoms with Crippen molar-refractivity contribution in [3.63, 3.8) is 0 Å². The Morgan fingerprint density at radius 2 is 1.11 bits per heavy atom. The van der Waals surface area contributed by atoms with E-state index in [1.807, 2.05) is 11.3 Å². The van der Waals surface area contributed by atoms with Crippen molar-refractivity contribution in [2.75, 3.05) is 5.32 Å². The van der Waals surface area contributed by atoms with Gasteiger partial charge in [-0.3, -0.25) is 0 Å². The van der Waals surface area contributed by atoms with Crippen molar-refractivity contribution >= 4 is 42.9 Å². The first-order valence-electron chi connectivity index (χ1n) is 16.3. The van der Waals surface area contributed by atoms with Crippen LogP contribution in [0.1, 0.15) is 25.0 Å². The van der Waals surface area contributed by atoms with Crippen molar-refractivity contribution in [3.8, 4) is 44.5 Å². The largest absolute Gasteiger partial charge is 0.355 e. The summed E-state index contributed by atoms with van der Waals surface area (Å²) in [7, 11) is 0. The van der Waals surface area contributed by atoms with Gasteiger partial charge in [0.25, 0.3) is 0 Å². The van der Waals surface area contributed by atoms with Gasteiger partial charge in [0.2, 0.25) is 0 Å². The summed E-state index contributed by atoms with van der Waals surface area (Å²) in [4.78, 5) is 0. The van der Waals surface area contributed by atoms with Gasteiger partial charge in [0.1, 0.15) is 0 Å². The van der Waals surface area contributed by atoms with Crippen LogP contribution in [0.4, 0.5) is 11.4 Å². The van der Waals surface area contributed by atoms with Gasteiger partial charge in [0.15, 0.2) is 0 Å². The van der Waals surface area contributed by atoms with E-state index in [1.54, 1.807) is 0 Å². The number of nitrogens with one attached hydrogen (secondary N) is 1. The van der Waals surface area contributed by atoms with Crippen LogP contribution in [0.3, 0.4) is 0 Å². The van der Waals surface area contributed by atoms with Crippen LogP contribution in [-0.4, -0.2) is 0 Å². The molecule has 224 valence electrons. The first-order chi connectivity index (χ1) is 23.1. The van der Waals surface area contributed by atoms with Crippen molar-refractivity contribution in [3.05, 3.63) is 169 Å². The molecule has 0 spiro atoms. The highest BCUT2D eigenvalue weighted by molar-refractivity contribution is 7.26. The van der Waals surface area contributed by atoms with Gasteiger partial charge in [0.05, 0.1) is 0 Å². The summed E-state index contributed by atoms with van der Waals surface area (Å²) >= 11 is 1.88. The lowest BCUT2D eigenvalue weighted by Crippen LogP contribution is -2.17. The van der Waals surface area contributed by atoms with E-state index in [1.165, 1.54) is 75.8 Å². The van der Waals surface area contributed by atoms with Crippen LogP contribution in [0.15, 0.2) is 158 Å². The lowest BCUT2D eigenvalue weighted by Gasteiger charge is -2.27. The Morgan fingerprint density at radius 3 is 1.94 bits per heavy atom. The smallest absolute Gasteiger partial charge is 0.0467 e. The zero-order valence-electron chi connectivity index (χ0n) is 26.4. The van der Waals surface area contributed by atoms with E-state index in [0.717, 1.165) is 11.4 Å². The zero-order valence-corrected chi connectivity index (χ0v) is 27.2. The van der Waals surface area contributed by atoms with E-state index in [4.69, 9.17) is 0 Å². The summed E-state index contributed by atoms with van der Waals surface area (Å²) in [6.45, 7) is 4.74. The van der Waals surface area contributed by atoms with Crippen molar-refractivity contribution in [2.24, 2.45) is 0 Å². The molecule has 1 N–H and O–H groups in total. The van der Waals surface area contributed by atoms with Gasteiger partial charge in [-0.2, -0.15) is 0 Å². The van der Waals surface area contributed by atoms with E-state index in [0.29, 0.717) is 0 Å². The SMILES string of the molecule is CC1(C)c2ccccc2-c2ccc(Nc3ccc(-c4cccc5c4sc4ccccc45)cc3)c(-c3ccc(-c4ccccc4)cc3)c21. The third-order valence-corrected chi connectivity index (χ3v) is 11.1. The van der Waals surface area contributed by atoms with Gasteiger partial charge >= 0.3 is 0 Å². The highest BCUT2D eigenvalue weighted by Gasteiger charge is 2.38. The first kappa shape index (κ1) is 27.8. The third-order valence-electron chi connectivity index (χ3n) is 9.88. The van der Waals surface area contributed by atoms with Crippen molar-refractivity contribution in [2.45, 2.75) is 19.3 Å². The maximum absolute atomic E-state index is 3.85. The second-order valence-corrected chi connectivity index (χ2v) is 14.1. The van der Waals surface area contributed by atoms with Crippen LogP contribution >= 0.6 is 11.3 Å². The molecule has 1 aliphatic carbocycles. The summed E-state index contributed by atoms with van der Waals surface area (Å²) in [5.41, 5.74) is 14.9. The van der Waals surface area contributed by atoms with Gasteiger partial charge in [-0.25, -0.2) is 0 Å². The molecule has 1 aromatic heterocycles. The molecule has 8 aromatic rings. The Hall–Kier alpha value is -5.44. The monoisotopic (exact) mass is 619 g/mol. The molecule has 0 amide bonds. The molecule has 9 rings (SSSR count). The van der Waals surface area contributed by atoms with Gasteiger partial charge in [-0.1, -0.05) is 147 Å². The Balaban J connectivity index is 1.13. The third kappa shape index (κ3) is 4.52. The first-order valence-corrected chi connectivity index (χ1v) is 17.1. The average molecular weight is 620 g/mol. The van der Waals surface area contributed by atoms with Crippen LogP contribution < -0.4 is 5.32 Å². The Morgan fingerprint density at radius 1 is 0.468 bits per heavy atom. The van der Waals surface area contributed by atoms with Crippen LogP contribution in [-0.2, 0) is 5.41 Å². The lowest BCUT2D eigenvalue weighted by molar-refractivity contribution is 0.662. The fourth-order valence-electron chi connectivity index (χ4n) is 7.60. The number of rotatable bonds is 5. The molecule has 7 aromatic carbocycles. The summed E-state index contributed by atoms with van der Waals surface area (Å²) in [6, 6.07) is 57.5. The van der Waals surface area contributed by atoms with Crippen molar-refractivity contribution in [1.82, 2.24) is 0 Å². The molecule has 0 saturated heterocycles. The highest BCUT2D eigenvalue weighted by atomic mass is 32.1. The van der Waals surface area contributed by atoms with Crippen LogP contribution in [0.2, 0.25) is 0 Å². The van der Waals surface area contributed by atoms with Crippen LogP contribution in [0.25, 0.3) is 64.7 Å². The number of thiophene rings is 1. The van der Waals surface area contributed by atoms with Gasteiger partial charge in [-0.15, -0.1) is 11.3 Å². The maximum Gasteiger partial charge on any atom is 0.0467 e. The molecular weight excluding hydrogens is 587 g/mol. The Kier molecular flexibility index (Phi) is 6.41. The minimum atomic E-state index is -0.135. The minimum absolute atomic E-state index is 0.135. The standard InChI is InChI=1S/C45H33NS/c1-45(2)39-17-8-6-13-35(39)37-27-28-40(42(43(37)45)32-21-19-30(20-22-32)29-11-4-3-5-12-29)46-33-25-23-31(24-26-33)34-15-10-16-38-36-14-7-9-18-41(36)47-44(34)38/h3-28,46H,1-2H3. The molecule has 0 fully saturated rings. The molecule has 1 heterocycles. The minimum Gasteiger partial charge on any atom is -0.355 e. The average Bonchev–Trinajstić information content (AvgIpc) is 3.62. The number of hydrogen-bond donors (Lipinski definition) is 1. The molecule has 0 saturated carbocycles. The molecule has 1 nitrogen and oxygen atoms in total. The van der Waals surface area contributed by atoms with E-state index in [-0.39, 0.29) is 5.41 Å². The number of hydrogen-bond acceptors (Lipinski definition) is 2. The normalized spacial score (nSPS) is 13.1. The molecule has 0 bridgehead atoms. The fourth-order valence-corrected chi connectivity index (χ4v) is 8.84. The molecule has 0 atom stereocenters. The van der Waals surface area contributed by atoms with Crippen LogP contribution in [0.5, 0.6) is 0 Å². The van der Waals surface area contributed by atoms with E-state index in [2.05, 4.69) is 177 Å². The maximum atomic E-state index is 3.85. The molecule has 0 unspecified atom stereocenters. The van der Waals surface area contributed by atoms with Gasteiger partial charge < -0.3 is 5.32 Å². The molecule has 0 radical (unpaired) electrons. The molecule has 47 heavy (non-hydrogen) atoms. The number of benzene rings is 7. The van der Waals surface area contributed by atoms with Crippen LogP contribution in [0, 0.1) is 0 Å². The summed E-state index contributed by atoms with van der Waals surface area (Å²) < 4.78 is 2.68. The predicted molar refractivity (Wildman–Crippen MR) is 203 cm³/mol. The van der Waals surface area contributed by atoms with Gasteiger partial charge in [-0.05, 0) is 74.3 Å². The molecule has 2 heteroatoms. The topological polar surface area (TPSA) is 12.0 Å². The number of fused-ring (bicyclic) bond motifs is 6. The van der Waals surface area contributed by atoms with Gasteiger partial charge in [0, 0.05) is 42.5 Å². The zero-order chi connectivity index (χ0) is 31.5. The molecule has 0 aliphatic heterocycles. The number of anilines is 2. The Labute approximate surface area is 279 Å². The van der Waals surface area contributed by atoms with E-state index >= 15 is 0 Å². The van der Waals surface area contributed by atoms with Crippen molar-refractivity contribution < 1.29 is 0 Å². The molecule has 1 aliphatic rings. The second-order valence-electron chi connectivity index (χ2n) is 13.0. The lowest BCUT2D eigenvalue weighted by atomic mass is 9.78. The van der Waals surface area contributed by atoms with E-state index < -0.39 is 0 Å².